The zero-order valence-electron chi connectivity index (χ0n) is 12.4. The molecule has 0 radical (unpaired) electrons. The van der Waals surface area contributed by atoms with Gasteiger partial charge in [-0.25, -0.2) is 4.98 Å². The Hall–Kier alpha value is -0.870. The van der Waals surface area contributed by atoms with Gasteiger partial charge in [0.15, 0.2) is 0 Å². The van der Waals surface area contributed by atoms with E-state index in [1.807, 2.05) is 6.20 Å². The van der Waals surface area contributed by atoms with Gasteiger partial charge in [-0.2, -0.15) is 0 Å². The maximum atomic E-state index is 10.6. The monoisotopic (exact) mass is 265 g/mol. The Morgan fingerprint density at radius 3 is 2.63 bits per heavy atom. The van der Waals surface area contributed by atoms with E-state index >= 15 is 0 Å². The molecule has 0 amide bonds. The zero-order chi connectivity index (χ0) is 13.9. The summed E-state index contributed by atoms with van der Waals surface area (Å²) in [6.07, 6.45) is 7.63. The predicted octanol–water partition coefficient (Wildman–Crippen LogP) is 2.47. The number of hydrogen-bond donors (Lipinski definition) is 3. The number of aliphatic hydroxyl groups is 1. The van der Waals surface area contributed by atoms with Crippen molar-refractivity contribution in [1.29, 1.82) is 0 Å². The standard InChI is InChI=1S/C15H27N3O/c1-14(2,3)12-4-6-15(19,7-5-12)11-16-10-13-17-8-9-18-13/h8-9,12,16,19H,4-7,10-11H2,1-3H3,(H,17,18). The predicted molar refractivity (Wildman–Crippen MR) is 76.7 cm³/mol. The van der Waals surface area contributed by atoms with Gasteiger partial charge < -0.3 is 15.4 Å². The first-order valence-corrected chi connectivity index (χ1v) is 7.30. The van der Waals surface area contributed by atoms with Crippen molar-refractivity contribution < 1.29 is 5.11 Å². The van der Waals surface area contributed by atoms with E-state index in [2.05, 4.69) is 36.1 Å². The summed E-state index contributed by atoms with van der Waals surface area (Å²) in [5, 5.41) is 13.9. The van der Waals surface area contributed by atoms with Crippen molar-refractivity contribution in [1.82, 2.24) is 15.3 Å². The van der Waals surface area contributed by atoms with Crippen molar-refractivity contribution >= 4 is 0 Å². The molecule has 0 bridgehead atoms. The number of aromatic amines is 1. The van der Waals surface area contributed by atoms with Crippen molar-refractivity contribution in [3.8, 4) is 0 Å². The second kappa shape index (κ2) is 5.63. The van der Waals surface area contributed by atoms with Crippen molar-refractivity contribution in [2.24, 2.45) is 11.3 Å². The van der Waals surface area contributed by atoms with Gasteiger partial charge in [-0.05, 0) is 37.0 Å². The highest BCUT2D eigenvalue weighted by molar-refractivity contribution is 4.92. The molecule has 0 atom stereocenters. The van der Waals surface area contributed by atoms with E-state index in [0.29, 0.717) is 18.5 Å². The van der Waals surface area contributed by atoms with Crippen LogP contribution in [0.15, 0.2) is 12.4 Å². The molecule has 108 valence electrons. The van der Waals surface area contributed by atoms with Crippen LogP contribution in [0.1, 0.15) is 52.3 Å². The van der Waals surface area contributed by atoms with Gasteiger partial charge in [0.1, 0.15) is 5.82 Å². The number of nitrogens with one attached hydrogen (secondary N) is 2. The third-order valence-corrected chi connectivity index (χ3v) is 4.44. The van der Waals surface area contributed by atoms with E-state index in [1.54, 1.807) is 6.20 Å². The van der Waals surface area contributed by atoms with Crippen LogP contribution in [0.3, 0.4) is 0 Å². The Morgan fingerprint density at radius 1 is 1.42 bits per heavy atom. The number of rotatable bonds is 4. The SMILES string of the molecule is CC(C)(C)C1CCC(O)(CNCc2ncc[nH]2)CC1. The minimum atomic E-state index is -0.533. The van der Waals surface area contributed by atoms with Crippen LogP contribution in [-0.2, 0) is 6.54 Å². The van der Waals surface area contributed by atoms with Crippen molar-refractivity contribution in [3.63, 3.8) is 0 Å². The van der Waals surface area contributed by atoms with E-state index in [-0.39, 0.29) is 0 Å². The molecule has 0 aliphatic heterocycles. The van der Waals surface area contributed by atoms with Crippen molar-refractivity contribution in [3.05, 3.63) is 18.2 Å². The van der Waals surface area contributed by atoms with Crippen LogP contribution in [0.4, 0.5) is 0 Å². The maximum absolute atomic E-state index is 10.6. The molecule has 4 heteroatoms. The molecule has 0 spiro atoms. The van der Waals surface area contributed by atoms with Crippen LogP contribution in [0, 0.1) is 11.3 Å². The van der Waals surface area contributed by atoms with Crippen LogP contribution in [0.2, 0.25) is 0 Å². The molecule has 1 aromatic rings. The van der Waals surface area contributed by atoms with Gasteiger partial charge in [0.2, 0.25) is 0 Å². The minimum Gasteiger partial charge on any atom is -0.389 e. The Balaban J connectivity index is 1.75. The third kappa shape index (κ3) is 4.05. The number of nitrogens with zero attached hydrogens (tertiary/aromatic N) is 1. The second-order valence-electron chi connectivity index (χ2n) is 7.00. The van der Waals surface area contributed by atoms with Gasteiger partial charge in [-0.3, -0.25) is 0 Å². The molecule has 1 aliphatic rings. The fraction of sp³-hybridized carbons (Fsp3) is 0.800. The highest BCUT2D eigenvalue weighted by Gasteiger charge is 2.36. The van der Waals surface area contributed by atoms with E-state index in [0.717, 1.165) is 37.4 Å². The molecule has 1 aliphatic carbocycles. The minimum absolute atomic E-state index is 0.364. The zero-order valence-corrected chi connectivity index (χ0v) is 12.4. The van der Waals surface area contributed by atoms with Crippen molar-refractivity contribution in [2.75, 3.05) is 6.54 Å². The summed E-state index contributed by atoms with van der Waals surface area (Å²) in [5.74, 6) is 1.66. The molecule has 3 N–H and O–H groups in total. The Bertz CT molecular complexity index is 373. The first-order valence-electron chi connectivity index (χ1n) is 7.30. The summed E-state index contributed by atoms with van der Waals surface area (Å²) in [6.45, 7) is 8.26. The fourth-order valence-electron chi connectivity index (χ4n) is 3.01. The van der Waals surface area contributed by atoms with Crippen LogP contribution in [0.5, 0.6) is 0 Å². The average molecular weight is 265 g/mol. The number of imidazole rings is 1. The summed E-state index contributed by atoms with van der Waals surface area (Å²) < 4.78 is 0. The molecule has 1 aromatic heterocycles. The van der Waals surface area contributed by atoms with Gasteiger partial charge in [0.05, 0.1) is 12.1 Å². The van der Waals surface area contributed by atoms with Crippen LogP contribution >= 0.6 is 0 Å². The molecule has 1 fully saturated rings. The van der Waals surface area contributed by atoms with Crippen LogP contribution in [0.25, 0.3) is 0 Å². The van der Waals surface area contributed by atoms with Gasteiger partial charge in [0, 0.05) is 18.9 Å². The van der Waals surface area contributed by atoms with E-state index in [1.165, 1.54) is 0 Å². The van der Waals surface area contributed by atoms with Crippen LogP contribution < -0.4 is 5.32 Å². The Kier molecular flexibility index (Phi) is 4.31. The molecule has 4 nitrogen and oxygen atoms in total. The molecular formula is C15H27N3O. The van der Waals surface area contributed by atoms with E-state index in [9.17, 15) is 5.11 Å². The lowest BCUT2D eigenvalue weighted by Gasteiger charge is -2.41. The van der Waals surface area contributed by atoms with Crippen molar-refractivity contribution in [2.45, 2.75) is 58.6 Å². The van der Waals surface area contributed by atoms with Gasteiger partial charge >= 0.3 is 0 Å². The lowest BCUT2D eigenvalue weighted by Crippen LogP contribution is -2.44. The third-order valence-electron chi connectivity index (χ3n) is 4.44. The lowest BCUT2D eigenvalue weighted by atomic mass is 9.68. The van der Waals surface area contributed by atoms with E-state index in [4.69, 9.17) is 0 Å². The molecule has 1 saturated carbocycles. The Labute approximate surface area is 116 Å². The molecule has 2 rings (SSSR count). The first kappa shape index (κ1) is 14.5. The Morgan fingerprint density at radius 2 is 2.11 bits per heavy atom. The normalized spacial score (nSPS) is 28.5. The van der Waals surface area contributed by atoms with Gasteiger partial charge in [-0.1, -0.05) is 20.8 Å². The summed E-state index contributed by atoms with van der Waals surface area (Å²) in [4.78, 5) is 7.23. The number of aromatic nitrogens is 2. The topological polar surface area (TPSA) is 60.9 Å². The summed E-state index contributed by atoms with van der Waals surface area (Å²) in [7, 11) is 0. The van der Waals surface area contributed by atoms with Gasteiger partial charge in [0.25, 0.3) is 0 Å². The molecular weight excluding hydrogens is 238 g/mol. The molecule has 19 heavy (non-hydrogen) atoms. The van der Waals surface area contributed by atoms with Crippen LogP contribution in [-0.4, -0.2) is 27.2 Å². The number of H-pyrrole nitrogens is 1. The van der Waals surface area contributed by atoms with E-state index < -0.39 is 5.60 Å². The second-order valence-corrected chi connectivity index (χ2v) is 7.00. The highest BCUT2D eigenvalue weighted by Crippen LogP contribution is 2.41. The summed E-state index contributed by atoms with van der Waals surface area (Å²) in [5.41, 5.74) is -0.169. The first-order chi connectivity index (χ1) is 8.89. The number of hydrogen-bond acceptors (Lipinski definition) is 3. The largest absolute Gasteiger partial charge is 0.389 e. The molecule has 0 aromatic carbocycles. The average Bonchev–Trinajstić information content (AvgIpc) is 2.81. The highest BCUT2D eigenvalue weighted by atomic mass is 16.3. The lowest BCUT2D eigenvalue weighted by molar-refractivity contribution is -0.0240. The molecule has 0 unspecified atom stereocenters. The molecule has 1 heterocycles. The quantitative estimate of drug-likeness (QED) is 0.783. The summed E-state index contributed by atoms with van der Waals surface area (Å²) in [6, 6.07) is 0. The fourth-order valence-corrected chi connectivity index (χ4v) is 3.01. The molecule has 0 saturated heterocycles. The van der Waals surface area contributed by atoms with Gasteiger partial charge in [-0.15, -0.1) is 0 Å². The smallest absolute Gasteiger partial charge is 0.120 e. The maximum Gasteiger partial charge on any atom is 0.120 e. The summed E-state index contributed by atoms with van der Waals surface area (Å²) >= 11 is 0.